The van der Waals surface area contributed by atoms with Crippen LogP contribution in [0.5, 0.6) is 5.88 Å². The van der Waals surface area contributed by atoms with Gasteiger partial charge in [0.05, 0.1) is 18.4 Å². The zero-order valence-electron chi connectivity index (χ0n) is 12.9. The molecule has 0 bridgehead atoms. The lowest BCUT2D eigenvalue weighted by molar-refractivity contribution is 0.399. The first-order chi connectivity index (χ1) is 11.7. The summed E-state index contributed by atoms with van der Waals surface area (Å²) in [4.78, 5) is 23.0. The minimum Gasteiger partial charge on any atom is -0.481 e. The summed E-state index contributed by atoms with van der Waals surface area (Å²) in [5, 5.41) is 3.02. The SMILES string of the molecule is COc1ncccc1-c1cc(=O)[nH]c(NCc2ccc(F)cc2)n1. The van der Waals surface area contributed by atoms with Gasteiger partial charge in [0, 0.05) is 18.8 Å². The van der Waals surface area contributed by atoms with Gasteiger partial charge in [0.25, 0.3) is 5.56 Å². The number of pyridine rings is 1. The van der Waals surface area contributed by atoms with Crippen molar-refractivity contribution in [3.63, 3.8) is 0 Å². The highest BCUT2D eigenvalue weighted by Crippen LogP contribution is 2.25. The van der Waals surface area contributed by atoms with Gasteiger partial charge >= 0.3 is 0 Å². The number of H-pyrrole nitrogens is 1. The highest BCUT2D eigenvalue weighted by Gasteiger charge is 2.10. The number of aromatic nitrogens is 3. The fourth-order valence-corrected chi connectivity index (χ4v) is 2.22. The Balaban J connectivity index is 1.86. The predicted molar refractivity (Wildman–Crippen MR) is 88.4 cm³/mol. The molecule has 3 rings (SSSR count). The van der Waals surface area contributed by atoms with E-state index in [1.165, 1.54) is 25.3 Å². The molecule has 0 saturated heterocycles. The van der Waals surface area contributed by atoms with E-state index in [-0.39, 0.29) is 11.4 Å². The normalized spacial score (nSPS) is 10.4. The summed E-state index contributed by atoms with van der Waals surface area (Å²) in [6.07, 6.45) is 1.60. The predicted octanol–water partition coefficient (Wildman–Crippen LogP) is 2.59. The monoisotopic (exact) mass is 326 g/mol. The van der Waals surface area contributed by atoms with Crippen LogP contribution >= 0.6 is 0 Å². The van der Waals surface area contributed by atoms with Gasteiger partial charge in [0.2, 0.25) is 11.8 Å². The van der Waals surface area contributed by atoms with Crippen LogP contribution in [0.4, 0.5) is 10.3 Å². The van der Waals surface area contributed by atoms with Crippen molar-refractivity contribution in [2.45, 2.75) is 6.54 Å². The summed E-state index contributed by atoms with van der Waals surface area (Å²) in [5.74, 6) is 0.406. The summed E-state index contributed by atoms with van der Waals surface area (Å²) in [7, 11) is 1.51. The van der Waals surface area contributed by atoms with Crippen LogP contribution in [0.2, 0.25) is 0 Å². The second-order valence-electron chi connectivity index (χ2n) is 5.02. The molecule has 0 aliphatic heterocycles. The van der Waals surface area contributed by atoms with Crippen molar-refractivity contribution in [1.82, 2.24) is 15.0 Å². The van der Waals surface area contributed by atoms with Gasteiger partial charge in [-0.05, 0) is 29.8 Å². The number of halogens is 1. The van der Waals surface area contributed by atoms with Crippen molar-refractivity contribution in [2.24, 2.45) is 0 Å². The van der Waals surface area contributed by atoms with E-state index < -0.39 is 0 Å². The number of benzene rings is 1. The summed E-state index contributed by atoms with van der Waals surface area (Å²) in [6.45, 7) is 0.400. The van der Waals surface area contributed by atoms with Crippen LogP contribution in [0.25, 0.3) is 11.3 Å². The molecule has 0 radical (unpaired) electrons. The molecule has 0 saturated carbocycles. The summed E-state index contributed by atoms with van der Waals surface area (Å²) in [5.41, 5.74) is 1.64. The lowest BCUT2D eigenvalue weighted by Crippen LogP contribution is -2.13. The molecular formula is C17H15FN4O2. The van der Waals surface area contributed by atoms with Crippen molar-refractivity contribution >= 4 is 5.95 Å². The van der Waals surface area contributed by atoms with Gasteiger partial charge in [-0.3, -0.25) is 9.78 Å². The van der Waals surface area contributed by atoms with Crippen LogP contribution in [-0.4, -0.2) is 22.1 Å². The molecule has 2 heterocycles. The molecule has 122 valence electrons. The third-order valence-electron chi connectivity index (χ3n) is 3.36. The molecule has 0 amide bonds. The number of nitrogens with zero attached hydrogens (tertiary/aromatic N) is 2. The van der Waals surface area contributed by atoms with E-state index in [9.17, 15) is 9.18 Å². The Hall–Kier alpha value is -3.22. The van der Waals surface area contributed by atoms with Crippen LogP contribution in [0.3, 0.4) is 0 Å². The topological polar surface area (TPSA) is 79.9 Å². The Morgan fingerprint density at radius 3 is 2.79 bits per heavy atom. The van der Waals surface area contributed by atoms with Crippen molar-refractivity contribution in [1.29, 1.82) is 0 Å². The maximum absolute atomic E-state index is 12.9. The van der Waals surface area contributed by atoms with Crippen molar-refractivity contribution in [3.05, 3.63) is 70.4 Å². The van der Waals surface area contributed by atoms with E-state index >= 15 is 0 Å². The standard InChI is InChI=1S/C17H15FN4O2/c1-24-16-13(3-2-8-19-16)14-9-15(23)22-17(21-14)20-10-11-4-6-12(18)7-5-11/h2-9H,10H2,1H3,(H2,20,21,22,23). The van der Waals surface area contributed by atoms with Gasteiger partial charge in [-0.1, -0.05) is 12.1 Å². The third-order valence-corrected chi connectivity index (χ3v) is 3.36. The maximum atomic E-state index is 12.9. The molecular weight excluding hydrogens is 311 g/mol. The molecule has 0 aliphatic carbocycles. The number of hydrogen-bond donors (Lipinski definition) is 2. The second kappa shape index (κ2) is 6.91. The van der Waals surface area contributed by atoms with E-state index in [4.69, 9.17) is 4.74 Å². The van der Waals surface area contributed by atoms with E-state index in [1.807, 2.05) is 0 Å². The first-order valence-corrected chi connectivity index (χ1v) is 7.25. The van der Waals surface area contributed by atoms with Gasteiger partial charge in [-0.15, -0.1) is 0 Å². The molecule has 2 N–H and O–H groups in total. The summed E-state index contributed by atoms with van der Waals surface area (Å²) < 4.78 is 18.1. The second-order valence-corrected chi connectivity index (χ2v) is 5.02. The van der Waals surface area contributed by atoms with Crippen LogP contribution in [0, 0.1) is 5.82 Å². The van der Waals surface area contributed by atoms with E-state index in [0.717, 1.165) is 5.56 Å². The van der Waals surface area contributed by atoms with Gasteiger partial charge in [-0.25, -0.2) is 14.4 Å². The quantitative estimate of drug-likeness (QED) is 0.753. The van der Waals surface area contributed by atoms with Crippen LogP contribution in [0.15, 0.2) is 53.5 Å². The Labute approximate surface area is 137 Å². The number of ether oxygens (including phenoxy) is 1. The van der Waals surface area contributed by atoms with Crippen molar-refractivity contribution in [3.8, 4) is 17.1 Å². The molecule has 0 spiro atoms. The summed E-state index contributed by atoms with van der Waals surface area (Å²) >= 11 is 0. The lowest BCUT2D eigenvalue weighted by atomic mass is 10.2. The van der Waals surface area contributed by atoms with Crippen molar-refractivity contribution in [2.75, 3.05) is 12.4 Å². The molecule has 3 aromatic rings. The zero-order valence-corrected chi connectivity index (χ0v) is 12.9. The number of methoxy groups -OCH3 is 1. The average molecular weight is 326 g/mol. The van der Waals surface area contributed by atoms with Crippen LogP contribution < -0.4 is 15.6 Å². The molecule has 24 heavy (non-hydrogen) atoms. The Bertz CT molecular complexity index is 894. The van der Waals surface area contributed by atoms with Gasteiger partial charge in [0.1, 0.15) is 5.82 Å². The fourth-order valence-electron chi connectivity index (χ4n) is 2.22. The minimum atomic E-state index is -0.299. The van der Waals surface area contributed by atoms with Crippen molar-refractivity contribution < 1.29 is 9.13 Å². The average Bonchev–Trinajstić information content (AvgIpc) is 2.61. The maximum Gasteiger partial charge on any atom is 0.252 e. The van der Waals surface area contributed by atoms with E-state index in [0.29, 0.717) is 29.6 Å². The largest absolute Gasteiger partial charge is 0.481 e. The highest BCUT2D eigenvalue weighted by atomic mass is 19.1. The summed E-state index contributed by atoms with van der Waals surface area (Å²) in [6, 6.07) is 11.0. The molecule has 0 unspecified atom stereocenters. The van der Waals surface area contributed by atoms with E-state index in [1.54, 1.807) is 30.5 Å². The first-order valence-electron chi connectivity index (χ1n) is 7.25. The Kier molecular flexibility index (Phi) is 4.51. The smallest absolute Gasteiger partial charge is 0.252 e. The molecule has 0 aliphatic rings. The molecule has 0 atom stereocenters. The molecule has 2 aromatic heterocycles. The number of aromatic amines is 1. The fraction of sp³-hybridized carbons (Fsp3) is 0.118. The Morgan fingerprint density at radius 2 is 2.04 bits per heavy atom. The highest BCUT2D eigenvalue weighted by molar-refractivity contribution is 5.65. The number of hydrogen-bond acceptors (Lipinski definition) is 5. The molecule has 6 nitrogen and oxygen atoms in total. The Morgan fingerprint density at radius 1 is 1.25 bits per heavy atom. The van der Waals surface area contributed by atoms with Gasteiger partial charge in [-0.2, -0.15) is 0 Å². The number of rotatable bonds is 5. The number of nitrogens with one attached hydrogen (secondary N) is 2. The number of anilines is 1. The van der Waals surface area contributed by atoms with Gasteiger partial charge in [0.15, 0.2) is 0 Å². The molecule has 0 fully saturated rings. The molecule has 7 heteroatoms. The zero-order chi connectivity index (χ0) is 16.9. The minimum absolute atomic E-state index is 0.295. The van der Waals surface area contributed by atoms with Crippen LogP contribution in [0.1, 0.15) is 5.56 Å². The van der Waals surface area contributed by atoms with Gasteiger partial charge < -0.3 is 10.1 Å². The first kappa shape index (κ1) is 15.7. The molecule has 1 aromatic carbocycles. The van der Waals surface area contributed by atoms with E-state index in [2.05, 4.69) is 20.3 Å². The lowest BCUT2D eigenvalue weighted by Gasteiger charge is -2.09. The third kappa shape index (κ3) is 3.57. The van der Waals surface area contributed by atoms with Crippen LogP contribution in [-0.2, 0) is 6.54 Å².